The van der Waals surface area contributed by atoms with Crippen LogP contribution in [0.4, 0.5) is 5.82 Å². The van der Waals surface area contributed by atoms with Gasteiger partial charge < -0.3 is 25.6 Å². The molecule has 174 valence electrons. The monoisotopic (exact) mass is 452 g/mol. The molecule has 1 saturated carbocycles. The first kappa shape index (κ1) is 21.7. The number of ether oxygens (including phenoxy) is 1. The van der Waals surface area contributed by atoms with Crippen LogP contribution in [0.15, 0.2) is 36.9 Å². The minimum atomic E-state index is -1.12. The largest absolute Gasteiger partial charge is 0.394 e. The van der Waals surface area contributed by atoms with Crippen LogP contribution in [0.5, 0.6) is 0 Å². The quantitative estimate of drug-likeness (QED) is 0.442. The van der Waals surface area contributed by atoms with E-state index in [1.54, 1.807) is 23.0 Å². The van der Waals surface area contributed by atoms with Gasteiger partial charge in [0, 0.05) is 11.6 Å². The van der Waals surface area contributed by atoms with Gasteiger partial charge >= 0.3 is 0 Å². The van der Waals surface area contributed by atoms with Crippen molar-refractivity contribution in [3.8, 4) is 0 Å². The third kappa shape index (κ3) is 4.17. The second-order valence-electron chi connectivity index (χ2n) is 8.78. The third-order valence-electron chi connectivity index (χ3n) is 6.50. The van der Waals surface area contributed by atoms with E-state index in [1.165, 1.54) is 19.2 Å². The number of carbonyl (C=O) groups is 1. The molecule has 5 rings (SSSR count). The van der Waals surface area contributed by atoms with Crippen LogP contribution < -0.4 is 10.6 Å². The summed E-state index contributed by atoms with van der Waals surface area (Å²) in [6.07, 6.45) is 4.82. The van der Waals surface area contributed by atoms with Gasteiger partial charge in [0.05, 0.1) is 19.0 Å². The highest BCUT2D eigenvalue weighted by molar-refractivity contribution is 5.94. The molecule has 4 N–H and O–H groups in total. The Morgan fingerprint density at radius 2 is 1.94 bits per heavy atom. The second-order valence-corrected chi connectivity index (χ2v) is 8.78. The van der Waals surface area contributed by atoms with Gasteiger partial charge in [-0.1, -0.05) is 30.5 Å². The van der Waals surface area contributed by atoms with Gasteiger partial charge in [0.2, 0.25) is 0 Å². The van der Waals surface area contributed by atoms with Crippen LogP contribution >= 0.6 is 0 Å². The predicted molar refractivity (Wildman–Crippen MR) is 121 cm³/mol. The fraction of sp³-hybridized carbons (Fsp3) is 0.478. The molecular weight excluding hydrogens is 424 g/mol. The molecule has 2 fully saturated rings. The number of imidazole rings is 1. The number of aliphatic hydroxyl groups is 2. The van der Waals surface area contributed by atoms with Crippen molar-refractivity contribution in [2.75, 3.05) is 11.9 Å². The van der Waals surface area contributed by atoms with E-state index in [9.17, 15) is 15.0 Å². The lowest BCUT2D eigenvalue weighted by Gasteiger charge is -2.21. The Morgan fingerprint density at radius 3 is 2.67 bits per heavy atom. The van der Waals surface area contributed by atoms with Gasteiger partial charge in [-0.3, -0.25) is 9.36 Å². The Bertz CT molecular complexity index is 1130. The van der Waals surface area contributed by atoms with Crippen LogP contribution in [0.2, 0.25) is 0 Å². The van der Waals surface area contributed by atoms with Crippen molar-refractivity contribution >= 4 is 22.9 Å². The van der Waals surface area contributed by atoms with Crippen molar-refractivity contribution in [3.05, 3.63) is 48.0 Å². The highest BCUT2D eigenvalue weighted by atomic mass is 16.5. The fourth-order valence-electron chi connectivity index (χ4n) is 4.65. The van der Waals surface area contributed by atoms with Crippen molar-refractivity contribution in [1.29, 1.82) is 0 Å². The summed E-state index contributed by atoms with van der Waals surface area (Å²) in [7, 11) is 0. The van der Waals surface area contributed by atoms with Crippen LogP contribution in [0.3, 0.4) is 0 Å². The maximum Gasteiger partial charge on any atom is 0.251 e. The van der Waals surface area contributed by atoms with Crippen LogP contribution in [0.1, 0.15) is 47.8 Å². The first-order chi connectivity index (χ1) is 16.0. The number of amides is 1. The van der Waals surface area contributed by atoms with E-state index in [1.807, 2.05) is 19.1 Å². The van der Waals surface area contributed by atoms with E-state index in [2.05, 4.69) is 25.6 Å². The molecule has 0 unspecified atom stereocenters. The summed E-state index contributed by atoms with van der Waals surface area (Å²) in [5.41, 5.74) is 2.61. The molecule has 2 aromatic heterocycles. The number of hydrogen-bond donors (Lipinski definition) is 4. The number of benzene rings is 1. The lowest BCUT2D eigenvalue weighted by molar-refractivity contribution is -0.0489. The summed E-state index contributed by atoms with van der Waals surface area (Å²) in [4.78, 5) is 25.9. The molecule has 10 heteroatoms. The number of carbonyl (C=O) groups excluding carboxylic acids is 1. The summed E-state index contributed by atoms with van der Waals surface area (Å²) >= 11 is 0. The van der Waals surface area contributed by atoms with Gasteiger partial charge in [-0.2, -0.15) is 0 Å². The summed E-state index contributed by atoms with van der Waals surface area (Å²) < 4.78 is 7.57. The first-order valence-electron chi connectivity index (χ1n) is 11.3. The van der Waals surface area contributed by atoms with Crippen molar-refractivity contribution in [3.63, 3.8) is 0 Å². The van der Waals surface area contributed by atoms with Crippen LogP contribution in [0, 0.1) is 6.92 Å². The summed E-state index contributed by atoms with van der Waals surface area (Å²) in [5.74, 6) is 0.309. The number of aliphatic hydroxyl groups excluding tert-OH is 2. The number of nitrogens with zero attached hydrogens (tertiary/aromatic N) is 4. The smallest absolute Gasteiger partial charge is 0.251 e. The Balaban J connectivity index is 1.38. The lowest BCUT2D eigenvalue weighted by atomic mass is 10.1. The molecule has 0 bridgehead atoms. The molecule has 1 aromatic carbocycles. The lowest BCUT2D eigenvalue weighted by Crippen LogP contribution is -2.48. The first-order valence-corrected chi connectivity index (χ1v) is 11.3. The van der Waals surface area contributed by atoms with Gasteiger partial charge in [-0.25, -0.2) is 15.0 Å². The van der Waals surface area contributed by atoms with Crippen molar-refractivity contribution < 1.29 is 19.7 Å². The van der Waals surface area contributed by atoms with Gasteiger partial charge in [0.1, 0.15) is 18.5 Å². The molecule has 2 aliphatic rings. The van der Waals surface area contributed by atoms with Crippen LogP contribution in [-0.4, -0.2) is 66.5 Å². The molecule has 1 aliphatic heterocycles. The zero-order valence-corrected chi connectivity index (χ0v) is 18.4. The number of hydrogen-bond acceptors (Lipinski definition) is 8. The number of aromatic nitrogens is 4. The number of rotatable bonds is 6. The van der Waals surface area contributed by atoms with E-state index >= 15 is 0 Å². The normalized spacial score (nSPS) is 25.5. The topological polar surface area (TPSA) is 134 Å². The number of fused-ring (bicyclic) bond motifs is 1. The van der Waals surface area contributed by atoms with Gasteiger partial charge in [0.15, 0.2) is 23.2 Å². The molecule has 10 nitrogen and oxygen atoms in total. The Hall–Kier alpha value is -3.08. The van der Waals surface area contributed by atoms with Gasteiger partial charge in [0.25, 0.3) is 5.91 Å². The van der Waals surface area contributed by atoms with Crippen molar-refractivity contribution in [2.45, 2.75) is 63.1 Å². The van der Waals surface area contributed by atoms with E-state index in [0.29, 0.717) is 28.6 Å². The molecule has 3 aromatic rings. The molecule has 1 aliphatic carbocycles. The minimum Gasteiger partial charge on any atom is -0.394 e. The second kappa shape index (κ2) is 9.05. The standard InChI is InChI=1S/C23H28N6O4/c1-13-6-8-14(9-7-13)22(32)28-17-16(10-30)33-23(19(17)31)29-12-26-18-20(24-11-25-21(18)29)27-15-4-2-3-5-15/h6-9,11-12,15-17,19,23,30-31H,2-5,10H2,1H3,(H,28,32)(H,24,25,27)/t16-,17+,19-,23-/m1/s1. The van der Waals surface area contributed by atoms with Crippen molar-refractivity contribution in [2.24, 2.45) is 0 Å². The van der Waals surface area contributed by atoms with Crippen molar-refractivity contribution in [1.82, 2.24) is 24.8 Å². The summed E-state index contributed by atoms with van der Waals surface area (Å²) in [6, 6.07) is 6.69. The van der Waals surface area contributed by atoms with Gasteiger partial charge in [-0.15, -0.1) is 0 Å². The average Bonchev–Trinajstić information content (AvgIpc) is 3.55. The molecule has 4 atom stereocenters. The zero-order chi connectivity index (χ0) is 22.9. The van der Waals surface area contributed by atoms with E-state index in [0.717, 1.165) is 18.4 Å². The van der Waals surface area contributed by atoms with Crippen LogP contribution in [-0.2, 0) is 4.74 Å². The summed E-state index contributed by atoms with van der Waals surface area (Å²) in [5, 5.41) is 27.2. The highest BCUT2D eigenvalue weighted by Gasteiger charge is 2.45. The van der Waals surface area contributed by atoms with Gasteiger partial charge in [-0.05, 0) is 31.9 Å². The minimum absolute atomic E-state index is 0.345. The summed E-state index contributed by atoms with van der Waals surface area (Å²) in [6.45, 7) is 1.58. The molecule has 1 saturated heterocycles. The molecule has 3 heterocycles. The average molecular weight is 453 g/mol. The Labute approximate surface area is 191 Å². The third-order valence-corrected chi connectivity index (χ3v) is 6.50. The fourth-order valence-corrected chi connectivity index (χ4v) is 4.65. The number of anilines is 1. The highest BCUT2D eigenvalue weighted by Crippen LogP contribution is 2.33. The van der Waals surface area contributed by atoms with E-state index < -0.39 is 24.5 Å². The molecule has 33 heavy (non-hydrogen) atoms. The molecule has 0 radical (unpaired) electrons. The SMILES string of the molecule is Cc1ccc(C(=O)N[C@@H]2[C@@H](O)[C@H](n3cnc4c(NC5CCCC5)ncnc43)O[C@@H]2CO)cc1. The number of nitrogens with one attached hydrogen (secondary N) is 2. The van der Waals surface area contributed by atoms with Crippen LogP contribution in [0.25, 0.3) is 11.2 Å². The maximum atomic E-state index is 12.7. The van der Waals surface area contributed by atoms with E-state index in [4.69, 9.17) is 4.74 Å². The predicted octanol–water partition coefficient (Wildman–Crippen LogP) is 1.54. The van der Waals surface area contributed by atoms with E-state index in [-0.39, 0.29) is 12.5 Å². The number of aryl methyl sites for hydroxylation is 1. The molecule has 1 amide bonds. The Morgan fingerprint density at radius 1 is 1.18 bits per heavy atom. The Kier molecular flexibility index (Phi) is 5.96. The zero-order valence-electron chi connectivity index (χ0n) is 18.4. The molecule has 0 spiro atoms. The molecular formula is C23H28N6O4. The maximum absolute atomic E-state index is 12.7.